The summed E-state index contributed by atoms with van der Waals surface area (Å²) in [6.45, 7) is 8.84. The van der Waals surface area contributed by atoms with Gasteiger partial charge < -0.3 is 42.1 Å². The van der Waals surface area contributed by atoms with Gasteiger partial charge in [-0.3, -0.25) is 14.4 Å². The van der Waals surface area contributed by atoms with Crippen LogP contribution in [-0.4, -0.2) is 52.4 Å². The lowest BCUT2D eigenvalue weighted by molar-refractivity contribution is 0.0463. The molecule has 0 radical (unpaired) electrons. The van der Waals surface area contributed by atoms with Gasteiger partial charge in [-0.05, 0) is 146 Å². The number of hydrogen-bond acceptors (Lipinski definition) is 18. The van der Waals surface area contributed by atoms with Crippen molar-refractivity contribution in [2.24, 2.45) is 0 Å². The Balaban J connectivity index is 0.718. The maximum Gasteiger partial charge on any atom is 0.343 e. The maximum atomic E-state index is 15.3. The zero-order valence-electron chi connectivity index (χ0n) is 64.3. The van der Waals surface area contributed by atoms with Crippen molar-refractivity contribution in [3.8, 4) is 17.2 Å². The Hall–Kier alpha value is -13.6. The summed E-state index contributed by atoms with van der Waals surface area (Å²) in [5, 5.41) is 1.82. The minimum Gasteiger partial charge on any atom is -0.457 e. The fourth-order valence-corrected chi connectivity index (χ4v) is 21.0. The summed E-state index contributed by atoms with van der Waals surface area (Å²) in [5.41, 5.74) is 0.866. The van der Waals surface area contributed by atoms with Crippen molar-refractivity contribution >= 4 is 106 Å². The zero-order chi connectivity index (χ0) is 82.7. The van der Waals surface area contributed by atoms with Crippen molar-refractivity contribution in [2.45, 2.75) is 61.4 Å². The second kappa shape index (κ2) is 35.4. The number of benzene rings is 13. The van der Waals surface area contributed by atoms with Gasteiger partial charge in [0.15, 0.2) is 0 Å². The quantitative estimate of drug-likeness (QED) is 0.0200. The van der Waals surface area contributed by atoms with Crippen molar-refractivity contribution in [2.75, 3.05) is 0 Å². The summed E-state index contributed by atoms with van der Waals surface area (Å²) in [6, 6.07) is 81.6. The highest BCUT2D eigenvalue weighted by Crippen LogP contribution is 2.53. The number of hydrogen-bond donors (Lipinski definition) is 0. The highest BCUT2D eigenvalue weighted by molar-refractivity contribution is 7.94. The molecule has 0 saturated heterocycles. The molecule has 21 heteroatoms. The van der Waals surface area contributed by atoms with Gasteiger partial charge in [-0.25, -0.2) is 28.8 Å². The van der Waals surface area contributed by atoms with Crippen molar-refractivity contribution in [1.29, 1.82) is 0 Å². The molecule has 0 fully saturated rings. The lowest BCUT2D eigenvalue weighted by Gasteiger charge is -2.21. The van der Waals surface area contributed by atoms with E-state index in [1.54, 1.807) is 260 Å². The Kier molecular flexibility index (Phi) is 24.6. The molecule has 0 amide bonds. The van der Waals surface area contributed by atoms with Crippen molar-refractivity contribution in [1.82, 2.24) is 0 Å². The minimum absolute atomic E-state index is 0.0174. The molecule has 0 aromatic heterocycles. The van der Waals surface area contributed by atoms with E-state index in [1.165, 1.54) is 72.8 Å². The van der Waals surface area contributed by atoms with Crippen LogP contribution in [0.5, 0.6) is 17.2 Å². The van der Waals surface area contributed by atoms with Crippen LogP contribution >= 0.6 is 21.4 Å². The van der Waals surface area contributed by atoms with Gasteiger partial charge in [-0.2, -0.15) is 0 Å². The summed E-state index contributed by atoms with van der Waals surface area (Å²) in [4.78, 5) is 129. The van der Waals surface area contributed by atoms with Gasteiger partial charge in [0.2, 0.25) is 38.0 Å². The first kappa shape index (κ1) is 81.4. The summed E-state index contributed by atoms with van der Waals surface area (Å²) in [6.07, 6.45) is 0. The molecular weight excluding hydrogens is 1530 g/mol. The third-order valence-electron chi connectivity index (χ3n) is 19.8. The Bertz CT molecular complexity index is 5440. The molecule has 0 aliphatic carbocycles. The Morgan fingerprint density at radius 1 is 0.222 bits per heavy atom. The van der Waals surface area contributed by atoms with Gasteiger partial charge in [-0.15, -0.1) is 0 Å². The van der Waals surface area contributed by atoms with Crippen LogP contribution in [0.15, 0.2) is 309 Å². The van der Waals surface area contributed by atoms with E-state index in [9.17, 15) is 43.2 Å². The molecule has 0 heterocycles. The average molecular weight is 1610 g/mol. The minimum atomic E-state index is -4.04. The van der Waals surface area contributed by atoms with E-state index < -0.39 is 73.8 Å². The molecule has 0 aliphatic heterocycles. The fourth-order valence-electron chi connectivity index (χ4n) is 13.3. The normalized spacial score (nSPS) is 11.3. The second-order valence-corrected chi connectivity index (χ2v) is 35.7. The maximum absolute atomic E-state index is 15.3. The van der Waals surface area contributed by atoms with E-state index in [1.807, 2.05) is 0 Å². The van der Waals surface area contributed by atoms with Crippen molar-refractivity contribution < 1.29 is 85.3 Å². The largest absolute Gasteiger partial charge is 0.457 e. The van der Waals surface area contributed by atoms with Gasteiger partial charge in [0.05, 0.1) is 50.1 Å². The molecule has 0 bridgehead atoms. The summed E-state index contributed by atoms with van der Waals surface area (Å²) < 4.78 is 81.1. The molecule has 117 heavy (non-hydrogen) atoms. The van der Waals surface area contributed by atoms with E-state index in [0.717, 1.165) is 18.2 Å². The van der Waals surface area contributed by atoms with Crippen LogP contribution in [0.25, 0.3) is 0 Å². The monoisotopic (exact) mass is 1610 g/mol. The lowest BCUT2D eigenvalue weighted by Crippen LogP contribution is -2.24. The van der Waals surface area contributed by atoms with Crippen LogP contribution in [0.2, 0.25) is 0 Å². The number of carbonyl (C=O) groups is 9. The molecule has 0 aliphatic rings. The van der Waals surface area contributed by atoms with Crippen LogP contribution in [0, 0.1) is 41.5 Å². The smallest absolute Gasteiger partial charge is 0.343 e. The third kappa shape index (κ3) is 17.3. The van der Waals surface area contributed by atoms with Gasteiger partial charge in [0.1, 0.15) is 37.1 Å². The first-order valence-electron chi connectivity index (χ1n) is 37.1. The lowest BCUT2D eigenvalue weighted by atomic mass is 10.0. The fraction of sp³-hybridized carbons (Fsp3) is 0.0938. The van der Waals surface area contributed by atoms with Crippen LogP contribution in [-0.2, 0) is 47.7 Å². The molecule has 0 unspecified atom stereocenters. The first-order valence-corrected chi connectivity index (χ1v) is 42.2. The van der Waals surface area contributed by atoms with E-state index in [4.69, 9.17) is 28.4 Å². The number of carbonyl (C=O) groups excluding carboxylic acids is 9. The van der Waals surface area contributed by atoms with Gasteiger partial charge in [-0.1, -0.05) is 255 Å². The van der Waals surface area contributed by atoms with E-state index in [-0.39, 0.29) is 87.1 Å². The molecule has 0 N–H and O–H groups in total. The molecular formula is C96H75O18P3. The summed E-state index contributed by atoms with van der Waals surface area (Å²) >= 11 is 0. The van der Waals surface area contributed by atoms with Gasteiger partial charge in [0.25, 0.3) is 0 Å². The SMILES string of the molecule is Cc1ccc(C)c(C(=O)P(=O)(c2ccccc2)c2ccccc2)c1OC(=O)c1ccc(COC(=O)c2cc(C(=O)OCc3ccc(C(=O)Oc4c(C)ccc(C)c4C(=O)P(=O)(c4ccccc4)c4ccccc4)cc3)cc(C(=O)OCc3ccc(C(=O)Oc4c(C)ccc(C)c4C(=O)P(=O)(c4ccccc4)c4ccccc4)cc3)c2)cc1. The number of esters is 6. The van der Waals surface area contributed by atoms with Crippen LogP contribution in [0.3, 0.4) is 0 Å². The van der Waals surface area contributed by atoms with E-state index >= 15 is 13.7 Å². The first-order chi connectivity index (χ1) is 56.4. The summed E-state index contributed by atoms with van der Waals surface area (Å²) in [5.74, 6) is -5.73. The number of ether oxygens (including phenoxy) is 6. The molecule has 0 saturated carbocycles. The van der Waals surface area contributed by atoms with Crippen LogP contribution in [0.1, 0.15) is 143 Å². The highest BCUT2D eigenvalue weighted by atomic mass is 31.2. The highest BCUT2D eigenvalue weighted by Gasteiger charge is 2.43. The Labute approximate surface area is 675 Å². The predicted molar refractivity (Wildman–Crippen MR) is 448 cm³/mol. The number of rotatable bonds is 27. The Morgan fingerprint density at radius 3 is 0.607 bits per heavy atom. The van der Waals surface area contributed by atoms with Crippen molar-refractivity contribution in [3.63, 3.8) is 0 Å². The molecule has 13 aromatic rings. The van der Waals surface area contributed by atoms with Gasteiger partial charge in [0, 0.05) is 31.8 Å². The summed E-state index contributed by atoms with van der Waals surface area (Å²) in [7, 11) is -12.1. The zero-order valence-corrected chi connectivity index (χ0v) is 66.9. The number of aryl methyl sites for hydroxylation is 6. The van der Waals surface area contributed by atoms with E-state index in [0.29, 0.717) is 81.9 Å². The molecule has 13 rings (SSSR count). The average Bonchev–Trinajstić information content (AvgIpc) is 0.760. The Morgan fingerprint density at radius 2 is 0.410 bits per heavy atom. The molecule has 13 aromatic carbocycles. The predicted octanol–water partition coefficient (Wildman–Crippen LogP) is 17.7. The van der Waals surface area contributed by atoms with Crippen LogP contribution in [0.4, 0.5) is 0 Å². The van der Waals surface area contributed by atoms with Gasteiger partial charge >= 0.3 is 35.8 Å². The topological polar surface area (TPSA) is 260 Å². The molecule has 582 valence electrons. The molecule has 0 atom stereocenters. The second-order valence-electron chi connectivity index (χ2n) is 27.8. The molecule has 18 nitrogen and oxygen atoms in total. The standard InChI is InChI=1S/C96H75O18P3/c1-61-37-40-64(4)85(82(61)94(103)115(106,76-25-13-7-14-26-76)77-27-15-8-16-28-77)112-91(100)70-49-43-67(44-50-70)58-109-88(97)73-55-74(89(98)110-59-68-45-51-71(52-46-68)92(101)113-86-65(5)41-38-62(2)83(86)95(104)116(107,78-29-17-9-18-30-78)79-31-19-10-20-32-79)57-75(56-73)90(99)111-60-69-47-53-72(54-48-69)93(102)114-87-66(6)42-39-63(3)84(87)96(105)117(108,80-33-21-11-22-34-80)81-35-23-12-24-36-81/h7-57H,58-60H2,1-6H3. The van der Waals surface area contributed by atoms with Crippen molar-refractivity contribution in [3.05, 3.63) is 410 Å². The van der Waals surface area contributed by atoms with E-state index in [2.05, 4.69) is 0 Å². The molecule has 0 spiro atoms. The third-order valence-corrected chi connectivity index (χ3v) is 28.3. The van der Waals surface area contributed by atoms with Crippen LogP contribution < -0.4 is 46.0 Å².